The van der Waals surface area contributed by atoms with Gasteiger partial charge in [0.1, 0.15) is 11.5 Å². The van der Waals surface area contributed by atoms with E-state index in [-0.39, 0.29) is 16.6 Å². The van der Waals surface area contributed by atoms with Crippen molar-refractivity contribution in [3.8, 4) is 6.07 Å². The lowest BCUT2D eigenvalue weighted by molar-refractivity contribution is 0.0725. The number of aryl methyl sites for hydroxylation is 1. The smallest absolute Gasteiger partial charge is 0.272 e. The van der Waals surface area contributed by atoms with Crippen LogP contribution < -0.4 is 10.0 Å². The summed E-state index contributed by atoms with van der Waals surface area (Å²) >= 11 is 1.63. The molecule has 10 heteroatoms. The number of rotatable bonds is 8. The zero-order valence-electron chi connectivity index (χ0n) is 19.3. The second-order valence-electron chi connectivity index (χ2n) is 8.87. The maximum atomic E-state index is 13.4. The van der Waals surface area contributed by atoms with Crippen molar-refractivity contribution in [1.29, 1.82) is 5.26 Å². The van der Waals surface area contributed by atoms with Crippen LogP contribution >= 0.6 is 11.9 Å². The van der Waals surface area contributed by atoms with Gasteiger partial charge in [-0.15, -0.1) is 0 Å². The van der Waals surface area contributed by atoms with Gasteiger partial charge >= 0.3 is 0 Å². The molecule has 1 saturated carbocycles. The summed E-state index contributed by atoms with van der Waals surface area (Å²) < 4.78 is 4.82. The van der Waals surface area contributed by atoms with E-state index in [0.717, 1.165) is 24.2 Å². The number of hydrogen-bond acceptors (Lipinski definition) is 7. The van der Waals surface area contributed by atoms with Gasteiger partial charge in [-0.1, -0.05) is 18.2 Å². The molecule has 9 nitrogen and oxygen atoms in total. The van der Waals surface area contributed by atoms with Crippen molar-refractivity contribution in [2.24, 2.45) is 7.05 Å². The van der Waals surface area contributed by atoms with Crippen molar-refractivity contribution in [3.63, 3.8) is 0 Å². The summed E-state index contributed by atoms with van der Waals surface area (Å²) in [5, 5.41) is 16.2. The highest BCUT2D eigenvalue weighted by atomic mass is 32.2. The molecule has 0 unspecified atom stereocenters. The van der Waals surface area contributed by atoms with Gasteiger partial charge in [-0.2, -0.15) is 10.4 Å². The topological polar surface area (TPSA) is 116 Å². The Morgan fingerprint density at radius 2 is 2.03 bits per heavy atom. The van der Waals surface area contributed by atoms with E-state index in [9.17, 15) is 9.59 Å². The summed E-state index contributed by atoms with van der Waals surface area (Å²) in [6.45, 7) is 1.51. The molecule has 178 valence electrons. The van der Waals surface area contributed by atoms with Gasteiger partial charge in [-0.25, -0.2) is 4.98 Å². The number of hydrogen-bond donors (Lipinski definition) is 2. The fraction of sp³-hybridized carbons (Fsp3) is 0.320. The van der Waals surface area contributed by atoms with Crippen molar-refractivity contribution < 1.29 is 9.59 Å². The van der Waals surface area contributed by atoms with Gasteiger partial charge in [0, 0.05) is 38.4 Å². The van der Waals surface area contributed by atoms with Gasteiger partial charge in [0.05, 0.1) is 16.4 Å². The lowest BCUT2D eigenvalue weighted by Gasteiger charge is -2.30. The molecule has 35 heavy (non-hydrogen) atoms. The molecule has 2 aliphatic rings. The highest BCUT2D eigenvalue weighted by molar-refractivity contribution is 8.02. The normalized spacial score (nSPS) is 15.8. The van der Waals surface area contributed by atoms with Crippen LogP contribution in [-0.4, -0.2) is 49.3 Å². The number of carbonyl (C=O) groups excluding carboxylic acids is 2. The predicted octanol–water partition coefficient (Wildman–Crippen LogP) is 2.91. The SMILES string of the molecule is Cn1nc(C(=O)NCc2ccc(C#N)cc2)c2c1C(=O)N(CC1(SNc3ccccn3)CC1)CC2. The van der Waals surface area contributed by atoms with Crippen LogP contribution in [0.3, 0.4) is 0 Å². The van der Waals surface area contributed by atoms with Gasteiger partial charge in [0.25, 0.3) is 11.8 Å². The molecular weight excluding hydrogens is 462 g/mol. The van der Waals surface area contributed by atoms with Crippen LogP contribution in [0.4, 0.5) is 5.82 Å². The van der Waals surface area contributed by atoms with E-state index in [1.807, 2.05) is 35.2 Å². The number of nitrogens with zero attached hydrogens (tertiary/aromatic N) is 5. The molecule has 1 aromatic carbocycles. The van der Waals surface area contributed by atoms with Crippen molar-refractivity contribution >= 4 is 29.6 Å². The number of anilines is 1. The summed E-state index contributed by atoms with van der Waals surface area (Å²) in [5.41, 5.74) is 2.95. The van der Waals surface area contributed by atoms with E-state index < -0.39 is 0 Å². The molecule has 3 aromatic rings. The van der Waals surface area contributed by atoms with Crippen LogP contribution in [0.5, 0.6) is 0 Å². The monoisotopic (exact) mass is 487 g/mol. The number of nitriles is 1. The Bertz CT molecular complexity index is 1290. The highest BCUT2D eigenvalue weighted by Gasteiger charge is 2.47. The number of pyridine rings is 1. The molecule has 3 heterocycles. The van der Waals surface area contributed by atoms with Crippen LogP contribution in [0.25, 0.3) is 0 Å². The third kappa shape index (κ3) is 4.86. The van der Waals surface area contributed by atoms with Gasteiger partial charge < -0.3 is 14.9 Å². The van der Waals surface area contributed by atoms with Crippen LogP contribution in [0.2, 0.25) is 0 Å². The second-order valence-corrected chi connectivity index (χ2v) is 10.1. The summed E-state index contributed by atoms with van der Waals surface area (Å²) in [5.74, 6) is 0.415. The van der Waals surface area contributed by atoms with E-state index in [1.165, 1.54) is 4.68 Å². The average Bonchev–Trinajstić information content (AvgIpc) is 3.57. The van der Waals surface area contributed by atoms with Crippen molar-refractivity contribution in [3.05, 3.63) is 76.7 Å². The van der Waals surface area contributed by atoms with Crippen molar-refractivity contribution in [2.75, 3.05) is 17.8 Å². The minimum Gasteiger partial charge on any atom is -0.347 e. The Morgan fingerprint density at radius 3 is 2.71 bits per heavy atom. The minimum absolute atomic E-state index is 0.0232. The molecule has 0 spiro atoms. The van der Waals surface area contributed by atoms with Crippen LogP contribution in [0.1, 0.15) is 50.5 Å². The second kappa shape index (κ2) is 9.43. The van der Waals surface area contributed by atoms with E-state index in [1.54, 1.807) is 37.3 Å². The fourth-order valence-electron chi connectivity index (χ4n) is 4.23. The lowest BCUT2D eigenvalue weighted by Crippen LogP contribution is -2.43. The molecule has 5 rings (SSSR count). The van der Waals surface area contributed by atoms with Crippen LogP contribution in [0, 0.1) is 11.3 Å². The zero-order chi connectivity index (χ0) is 24.4. The lowest BCUT2D eigenvalue weighted by atomic mass is 10.0. The maximum Gasteiger partial charge on any atom is 0.272 e. The first kappa shape index (κ1) is 22.9. The van der Waals surface area contributed by atoms with E-state index >= 15 is 0 Å². The summed E-state index contributed by atoms with van der Waals surface area (Å²) in [6.07, 6.45) is 4.40. The summed E-state index contributed by atoms with van der Waals surface area (Å²) in [4.78, 5) is 32.4. The number of nitrogens with one attached hydrogen (secondary N) is 2. The molecular formula is C25H25N7O2S. The molecule has 1 fully saturated rings. The molecule has 1 aliphatic heterocycles. The Morgan fingerprint density at radius 1 is 1.23 bits per heavy atom. The summed E-state index contributed by atoms with van der Waals surface area (Å²) in [6, 6.07) is 14.9. The predicted molar refractivity (Wildman–Crippen MR) is 133 cm³/mol. The van der Waals surface area contributed by atoms with Crippen LogP contribution in [0.15, 0.2) is 48.7 Å². The maximum absolute atomic E-state index is 13.4. The van der Waals surface area contributed by atoms with Gasteiger partial charge in [0.2, 0.25) is 0 Å². The van der Waals surface area contributed by atoms with E-state index in [0.29, 0.717) is 48.6 Å². The minimum atomic E-state index is -0.304. The van der Waals surface area contributed by atoms with Crippen molar-refractivity contribution in [1.82, 2.24) is 25.0 Å². The molecule has 2 amide bonds. The number of carbonyl (C=O) groups is 2. The molecule has 1 aliphatic carbocycles. The van der Waals surface area contributed by atoms with Gasteiger partial charge in [-0.05, 0) is 61.0 Å². The first-order valence-corrected chi connectivity index (χ1v) is 12.3. The van der Waals surface area contributed by atoms with Crippen molar-refractivity contribution in [2.45, 2.75) is 30.6 Å². The quantitative estimate of drug-likeness (QED) is 0.469. The third-order valence-corrected chi connectivity index (χ3v) is 7.62. The zero-order valence-corrected chi connectivity index (χ0v) is 20.1. The largest absolute Gasteiger partial charge is 0.347 e. The Hall–Kier alpha value is -3.84. The number of fused-ring (bicyclic) bond motifs is 1. The average molecular weight is 488 g/mol. The molecule has 0 radical (unpaired) electrons. The number of amides is 2. The molecule has 2 aromatic heterocycles. The molecule has 2 N–H and O–H groups in total. The molecule has 0 atom stereocenters. The van der Waals surface area contributed by atoms with Crippen LogP contribution in [-0.2, 0) is 20.0 Å². The standard InChI is InChI=1S/C25H25N7O2S/c1-31-22-19(21(29-31)23(33)28-15-18-7-5-17(14-26)6-8-18)9-13-32(24(22)34)16-25(10-11-25)35-30-20-4-2-3-12-27-20/h2-8,12H,9-11,13,15-16H2,1H3,(H,27,30)(H,28,33). The third-order valence-electron chi connectivity index (χ3n) is 6.34. The first-order chi connectivity index (χ1) is 17.0. The number of benzene rings is 1. The Balaban J connectivity index is 1.23. The highest BCUT2D eigenvalue weighted by Crippen LogP contribution is 2.49. The Kier molecular flexibility index (Phi) is 6.17. The number of aromatic nitrogens is 3. The van der Waals surface area contributed by atoms with Gasteiger partial charge in [-0.3, -0.25) is 14.3 Å². The fourth-order valence-corrected chi connectivity index (χ4v) is 5.20. The molecule has 0 saturated heterocycles. The van der Waals surface area contributed by atoms with E-state index in [4.69, 9.17) is 5.26 Å². The summed E-state index contributed by atoms with van der Waals surface area (Å²) in [7, 11) is 1.71. The van der Waals surface area contributed by atoms with E-state index in [2.05, 4.69) is 26.2 Å². The molecule has 0 bridgehead atoms. The first-order valence-electron chi connectivity index (χ1n) is 11.5. The van der Waals surface area contributed by atoms with Gasteiger partial charge in [0.15, 0.2) is 5.69 Å². The Labute approximate surface area is 207 Å².